The van der Waals surface area contributed by atoms with E-state index in [0.29, 0.717) is 4.70 Å². The number of phenols is 1. The van der Waals surface area contributed by atoms with E-state index < -0.39 is 0 Å². The summed E-state index contributed by atoms with van der Waals surface area (Å²) in [5.41, 5.74) is 1.75. The van der Waals surface area contributed by atoms with Gasteiger partial charge in [-0.2, -0.15) is 0 Å². The van der Waals surface area contributed by atoms with Crippen molar-refractivity contribution in [1.82, 2.24) is 4.98 Å². The zero-order valence-corrected chi connectivity index (χ0v) is 6.23. The van der Waals surface area contributed by atoms with E-state index in [0.717, 1.165) is 0 Å². The summed E-state index contributed by atoms with van der Waals surface area (Å²) in [5.74, 6) is -0.303. The molecule has 0 unspecified atom stereocenters. The normalized spacial score (nSPS) is 10.6. The molecule has 56 valence electrons. The van der Waals surface area contributed by atoms with Crippen molar-refractivity contribution in [3.05, 3.63) is 23.5 Å². The van der Waals surface area contributed by atoms with Crippen LogP contribution in [0.1, 0.15) is 0 Å². The van der Waals surface area contributed by atoms with Crippen LogP contribution >= 0.6 is 11.3 Å². The summed E-state index contributed by atoms with van der Waals surface area (Å²) >= 11 is 1.23. The lowest BCUT2D eigenvalue weighted by molar-refractivity contribution is 0.481. The molecule has 0 saturated carbocycles. The van der Waals surface area contributed by atoms with E-state index in [2.05, 4.69) is 4.98 Å². The van der Waals surface area contributed by atoms with Gasteiger partial charge < -0.3 is 5.11 Å². The summed E-state index contributed by atoms with van der Waals surface area (Å²) in [6, 6.07) is 2.53. The van der Waals surface area contributed by atoms with Gasteiger partial charge in [0.1, 0.15) is 11.3 Å². The lowest BCUT2D eigenvalue weighted by Crippen LogP contribution is -1.75. The van der Waals surface area contributed by atoms with Gasteiger partial charge in [0.05, 0.1) is 10.2 Å². The van der Waals surface area contributed by atoms with Crippen LogP contribution in [-0.2, 0) is 0 Å². The lowest BCUT2D eigenvalue weighted by atomic mass is 10.3. The number of halogens is 1. The monoisotopic (exact) mass is 169 g/mol. The maximum Gasteiger partial charge on any atom is 0.150 e. The zero-order chi connectivity index (χ0) is 7.84. The van der Waals surface area contributed by atoms with Crippen molar-refractivity contribution in [3.8, 4) is 5.75 Å². The number of aromatic hydroxyl groups is 1. The van der Waals surface area contributed by atoms with Crippen LogP contribution in [0.4, 0.5) is 4.39 Å². The standard InChI is InChI=1S/C7H4FNOS/c8-4-1-2-5(10)7-6(4)9-3-11-7/h1-3,10H. The number of rotatable bonds is 0. The van der Waals surface area contributed by atoms with Gasteiger partial charge in [0, 0.05) is 0 Å². The molecule has 0 atom stereocenters. The quantitative estimate of drug-likeness (QED) is 0.655. The van der Waals surface area contributed by atoms with Crippen molar-refractivity contribution in [2.75, 3.05) is 0 Å². The summed E-state index contributed by atoms with van der Waals surface area (Å²) < 4.78 is 13.3. The van der Waals surface area contributed by atoms with Gasteiger partial charge in [0.15, 0.2) is 5.82 Å². The van der Waals surface area contributed by atoms with Gasteiger partial charge in [-0.3, -0.25) is 0 Å². The smallest absolute Gasteiger partial charge is 0.150 e. The third-order valence-electron chi connectivity index (χ3n) is 1.41. The Hall–Kier alpha value is -1.16. The molecule has 0 radical (unpaired) electrons. The molecule has 0 saturated heterocycles. The van der Waals surface area contributed by atoms with Crippen molar-refractivity contribution in [2.45, 2.75) is 0 Å². The Morgan fingerprint density at radius 1 is 1.45 bits per heavy atom. The van der Waals surface area contributed by atoms with E-state index in [-0.39, 0.29) is 17.1 Å². The lowest BCUT2D eigenvalue weighted by Gasteiger charge is -1.92. The number of hydrogen-bond donors (Lipinski definition) is 1. The van der Waals surface area contributed by atoms with Gasteiger partial charge >= 0.3 is 0 Å². The first-order valence-electron chi connectivity index (χ1n) is 2.99. The molecule has 1 aromatic heterocycles. The van der Waals surface area contributed by atoms with Crippen LogP contribution in [0.5, 0.6) is 5.75 Å². The first-order chi connectivity index (χ1) is 5.29. The molecule has 0 fully saturated rings. The molecule has 11 heavy (non-hydrogen) atoms. The Labute approximate surface area is 65.9 Å². The molecular weight excluding hydrogens is 165 g/mol. The number of benzene rings is 1. The highest BCUT2D eigenvalue weighted by molar-refractivity contribution is 7.17. The predicted octanol–water partition coefficient (Wildman–Crippen LogP) is 2.14. The molecule has 2 rings (SSSR count). The van der Waals surface area contributed by atoms with Gasteiger partial charge in [0.2, 0.25) is 0 Å². The second kappa shape index (κ2) is 2.17. The van der Waals surface area contributed by atoms with Gasteiger partial charge in [-0.05, 0) is 12.1 Å². The topological polar surface area (TPSA) is 33.1 Å². The maximum atomic E-state index is 12.8. The average molecular weight is 169 g/mol. The van der Waals surface area contributed by atoms with Crippen LogP contribution in [0, 0.1) is 5.82 Å². The molecule has 2 aromatic rings. The first kappa shape index (κ1) is 6.54. The first-order valence-corrected chi connectivity index (χ1v) is 3.87. The fourth-order valence-electron chi connectivity index (χ4n) is 0.905. The Balaban J connectivity index is 2.96. The second-order valence-corrected chi connectivity index (χ2v) is 2.95. The molecule has 0 amide bonds. The number of nitrogens with zero attached hydrogens (tertiary/aromatic N) is 1. The van der Waals surface area contributed by atoms with Gasteiger partial charge in [-0.1, -0.05) is 0 Å². The largest absolute Gasteiger partial charge is 0.506 e. The number of hydrogen-bond acceptors (Lipinski definition) is 3. The minimum atomic E-state index is -0.390. The molecule has 0 bridgehead atoms. The van der Waals surface area contributed by atoms with E-state index >= 15 is 0 Å². The molecule has 4 heteroatoms. The minimum absolute atomic E-state index is 0.0869. The maximum absolute atomic E-state index is 12.8. The fourth-order valence-corrected chi connectivity index (χ4v) is 1.62. The molecule has 0 spiro atoms. The minimum Gasteiger partial charge on any atom is -0.506 e. The van der Waals surface area contributed by atoms with Crippen molar-refractivity contribution >= 4 is 21.6 Å². The molecule has 0 aliphatic carbocycles. The Morgan fingerprint density at radius 3 is 3.00 bits per heavy atom. The van der Waals surface area contributed by atoms with E-state index in [1.165, 1.54) is 29.0 Å². The molecule has 0 aliphatic heterocycles. The van der Waals surface area contributed by atoms with Crippen LogP contribution in [0.2, 0.25) is 0 Å². The summed E-state index contributed by atoms with van der Waals surface area (Å²) in [5, 5.41) is 9.19. The molecular formula is C7H4FNOS. The number of aromatic nitrogens is 1. The molecule has 1 heterocycles. The SMILES string of the molecule is Oc1ccc(F)c2ncsc12. The predicted molar refractivity (Wildman–Crippen MR) is 41.2 cm³/mol. The number of thiazole rings is 1. The van der Waals surface area contributed by atoms with E-state index in [9.17, 15) is 9.50 Å². The third-order valence-corrected chi connectivity index (χ3v) is 2.26. The van der Waals surface area contributed by atoms with E-state index in [1.54, 1.807) is 0 Å². The Morgan fingerprint density at radius 2 is 2.27 bits per heavy atom. The van der Waals surface area contributed by atoms with Crippen LogP contribution in [0.25, 0.3) is 10.2 Å². The van der Waals surface area contributed by atoms with Crippen molar-refractivity contribution < 1.29 is 9.50 Å². The highest BCUT2D eigenvalue weighted by atomic mass is 32.1. The Bertz CT molecular complexity index is 362. The van der Waals surface area contributed by atoms with Crippen molar-refractivity contribution in [2.24, 2.45) is 0 Å². The molecule has 1 aromatic carbocycles. The molecule has 0 aliphatic rings. The van der Waals surface area contributed by atoms with Gasteiger partial charge in [-0.25, -0.2) is 9.37 Å². The summed E-state index contributed by atoms with van der Waals surface area (Å²) in [7, 11) is 0. The van der Waals surface area contributed by atoms with Gasteiger partial charge in [-0.15, -0.1) is 11.3 Å². The van der Waals surface area contributed by atoms with Crippen LogP contribution in [0.3, 0.4) is 0 Å². The van der Waals surface area contributed by atoms with Crippen molar-refractivity contribution in [3.63, 3.8) is 0 Å². The number of fused-ring (bicyclic) bond motifs is 1. The summed E-state index contributed by atoms with van der Waals surface area (Å²) in [6.07, 6.45) is 0. The molecule has 1 N–H and O–H groups in total. The number of phenolic OH excluding ortho intramolecular Hbond substituents is 1. The Kier molecular flexibility index (Phi) is 1.29. The highest BCUT2D eigenvalue weighted by Gasteiger charge is 2.06. The second-order valence-electron chi connectivity index (χ2n) is 2.10. The average Bonchev–Trinajstić information content (AvgIpc) is 2.45. The van der Waals surface area contributed by atoms with E-state index in [4.69, 9.17) is 0 Å². The molecule has 2 nitrogen and oxygen atoms in total. The summed E-state index contributed by atoms with van der Waals surface area (Å²) in [6.45, 7) is 0. The van der Waals surface area contributed by atoms with E-state index in [1.807, 2.05) is 0 Å². The van der Waals surface area contributed by atoms with Crippen LogP contribution < -0.4 is 0 Å². The van der Waals surface area contributed by atoms with Gasteiger partial charge in [0.25, 0.3) is 0 Å². The third kappa shape index (κ3) is 0.867. The highest BCUT2D eigenvalue weighted by Crippen LogP contribution is 2.28. The summed E-state index contributed by atoms with van der Waals surface area (Å²) in [4.78, 5) is 3.76. The van der Waals surface area contributed by atoms with Crippen LogP contribution in [-0.4, -0.2) is 10.1 Å². The fraction of sp³-hybridized carbons (Fsp3) is 0. The zero-order valence-electron chi connectivity index (χ0n) is 5.41. The van der Waals surface area contributed by atoms with Crippen molar-refractivity contribution in [1.29, 1.82) is 0 Å². The van der Waals surface area contributed by atoms with Crippen LogP contribution in [0.15, 0.2) is 17.6 Å².